The predicted molar refractivity (Wildman–Crippen MR) is 43.9 cm³/mol. The van der Waals surface area contributed by atoms with Crippen molar-refractivity contribution in [3.63, 3.8) is 0 Å². The Morgan fingerprint density at radius 3 is 3.08 bits per heavy atom. The van der Waals surface area contributed by atoms with Crippen LogP contribution in [0.15, 0.2) is 4.42 Å². The summed E-state index contributed by atoms with van der Waals surface area (Å²) in [5, 5.41) is 14.0. The van der Waals surface area contributed by atoms with E-state index in [4.69, 9.17) is 4.42 Å². The number of hydrogen-bond acceptors (Lipinski definition) is 5. The number of aryl methyl sites for hydroxylation is 1. The van der Waals surface area contributed by atoms with Gasteiger partial charge in [-0.15, -0.1) is 5.10 Å². The molecule has 0 spiro atoms. The van der Waals surface area contributed by atoms with Crippen LogP contribution in [0.4, 0.5) is 6.01 Å². The largest absolute Gasteiger partial charge is 0.408 e. The van der Waals surface area contributed by atoms with Gasteiger partial charge in [0.15, 0.2) is 0 Å². The summed E-state index contributed by atoms with van der Waals surface area (Å²) >= 11 is 0. The van der Waals surface area contributed by atoms with Gasteiger partial charge >= 0.3 is 6.01 Å². The average molecular weight is 168 g/mol. The summed E-state index contributed by atoms with van der Waals surface area (Å²) in [6.45, 7) is 3.82. The highest BCUT2D eigenvalue weighted by Gasteiger charge is 2.15. The SMILES string of the molecule is Cc1nnc(NC2CCNC2)o1. The molecule has 0 aromatic carbocycles. The lowest BCUT2D eigenvalue weighted by Crippen LogP contribution is -2.22. The minimum absolute atomic E-state index is 0.435. The van der Waals surface area contributed by atoms with Crippen LogP contribution >= 0.6 is 0 Å². The first-order chi connectivity index (χ1) is 5.84. The highest BCUT2D eigenvalue weighted by Crippen LogP contribution is 2.08. The Bertz CT molecular complexity index is 254. The molecule has 1 atom stereocenters. The van der Waals surface area contributed by atoms with Gasteiger partial charge < -0.3 is 15.1 Å². The molecule has 0 radical (unpaired) electrons. The molecule has 1 aliphatic heterocycles. The van der Waals surface area contributed by atoms with Gasteiger partial charge in [0.2, 0.25) is 5.89 Å². The van der Waals surface area contributed by atoms with E-state index in [1.54, 1.807) is 6.92 Å². The topological polar surface area (TPSA) is 63.0 Å². The second kappa shape index (κ2) is 3.10. The minimum atomic E-state index is 0.435. The number of aromatic nitrogens is 2. The fraction of sp³-hybridized carbons (Fsp3) is 0.714. The Kier molecular flexibility index (Phi) is 1.95. The zero-order chi connectivity index (χ0) is 8.39. The third-order valence-electron chi connectivity index (χ3n) is 1.91. The van der Waals surface area contributed by atoms with Crippen molar-refractivity contribution in [3.8, 4) is 0 Å². The van der Waals surface area contributed by atoms with Gasteiger partial charge in [0, 0.05) is 19.5 Å². The number of anilines is 1. The molecule has 2 N–H and O–H groups in total. The van der Waals surface area contributed by atoms with Crippen molar-refractivity contribution >= 4 is 6.01 Å². The van der Waals surface area contributed by atoms with Crippen molar-refractivity contribution in [2.45, 2.75) is 19.4 Å². The molecule has 2 rings (SSSR count). The first-order valence-corrected chi connectivity index (χ1v) is 4.12. The minimum Gasteiger partial charge on any atom is -0.408 e. The van der Waals surface area contributed by atoms with Crippen LogP contribution in [0.2, 0.25) is 0 Å². The highest BCUT2D eigenvalue weighted by atomic mass is 16.4. The standard InChI is InChI=1S/C7H12N4O/c1-5-10-11-7(12-5)9-6-2-3-8-4-6/h6,8H,2-4H2,1H3,(H,9,11). The third kappa shape index (κ3) is 1.55. The summed E-state index contributed by atoms with van der Waals surface area (Å²) in [7, 11) is 0. The summed E-state index contributed by atoms with van der Waals surface area (Å²) in [5.74, 6) is 0.600. The number of hydrogen-bond donors (Lipinski definition) is 2. The zero-order valence-electron chi connectivity index (χ0n) is 7.00. The maximum atomic E-state index is 5.18. The first-order valence-electron chi connectivity index (χ1n) is 4.12. The fourth-order valence-corrected chi connectivity index (χ4v) is 1.31. The summed E-state index contributed by atoms with van der Waals surface area (Å²) in [6, 6.07) is 0.964. The zero-order valence-corrected chi connectivity index (χ0v) is 7.00. The average Bonchev–Trinajstić information content (AvgIpc) is 2.63. The molecular formula is C7H12N4O. The maximum Gasteiger partial charge on any atom is 0.315 e. The van der Waals surface area contributed by atoms with Crippen molar-refractivity contribution in [2.24, 2.45) is 0 Å². The molecule has 0 aliphatic carbocycles. The van der Waals surface area contributed by atoms with Crippen LogP contribution in [-0.2, 0) is 0 Å². The molecule has 2 heterocycles. The van der Waals surface area contributed by atoms with Gasteiger partial charge in [-0.25, -0.2) is 0 Å². The van der Waals surface area contributed by atoms with Gasteiger partial charge in [-0.05, 0) is 13.0 Å². The molecule has 1 aliphatic rings. The van der Waals surface area contributed by atoms with Crippen molar-refractivity contribution in [1.82, 2.24) is 15.5 Å². The second-order valence-corrected chi connectivity index (χ2v) is 2.96. The highest BCUT2D eigenvalue weighted by molar-refractivity contribution is 5.20. The summed E-state index contributed by atoms with van der Waals surface area (Å²) < 4.78 is 5.18. The second-order valence-electron chi connectivity index (χ2n) is 2.96. The number of nitrogens with zero attached hydrogens (tertiary/aromatic N) is 2. The monoisotopic (exact) mass is 168 g/mol. The Labute approximate surface area is 70.6 Å². The summed E-state index contributed by atoms with van der Waals surface area (Å²) in [4.78, 5) is 0. The van der Waals surface area contributed by atoms with Crippen LogP contribution in [0.25, 0.3) is 0 Å². The number of rotatable bonds is 2. The van der Waals surface area contributed by atoms with E-state index in [2.05, 4.69) is 20.8 Å². The summed E-state index contributed by atoms with van der Waals surface area (Å²) in [5.41, 5.74) is 0. The lowest BCUT2D eigenvalue weighted by molar-refractivity contribution is 0.524. The van der Waals surface area contributed by atoms with Gasteiger partial charge in [-0.3, -0.25) is 0 Å². The Balaban J connectivity index is 1.94. The smallest absolute Gasteiger partial charge is 0.315 e. The Morgan fingerprint density at radius 1 is 1.58 bits per heavy atom. The lowest BCUT2D eigenvalue weighted by atomic mass is 10.3. The van der Waals surface area contributed by atoms with Gasteiger partial charge in [-0.2, -0.15) is 0 Å². The Morgan fingerprint density at radius 2 is 2.50 bits per heavy atom. The van der Waals surface area contributed by atoms with Crippen molar-refractivity contribution < 1.29 is 4.42 Å². The van der Waals surface area contributed by atoms with Crippen molar-refractivity contribution in [1.29, 1.82) is 0 Å². The van der Waals surface area contributed by atoms with E-state index in [1.165, 1.54) is 0 Å². The number of nitrogens with one attached hydrogen (secondary N) is 2. The normalized spacial score (nSPS) is 22.9. The van der Waals surface area contributed by atoms with E-state index >= 15 is 0 Å². The van der Waals surface area contributed by atoms with Crippen molar-refractivity contribution in [2.75, 3.05) is 18.4 Å². The predicted octanol–water partition coefficient (Wildman–Crippen LogP) is 0.152. The van der Waals surface area contributed by atoms with Gasteiger partial charge in [-0.1, -0.05) is 5.10 Å². The van der Waals surface area contributed by atoms with Crippen LogP contribution in [0.3, 0.4) is 0 Å². The molecular weight excluding hydrogens is 156 g/mol. The Hall–Kier alpha value is -1.10. The van der Waals surface area contributed by atoms with Crippen LogP contribution < -0.4 is 10.6 Å². The van der Waals surface area contributed by atoms with Crippen LogP contribution in [-0.4, -0.2) is 29.3 Å². The van der Waals surface area contributed by atoms with E-state index < -0.39 is 0 Å². The molecule has 1 saturated heterocycles. The molecule has 1 fully saturated rings. The van der Waals surface area contributed by atoms with E-state index in [0.29, 0.717) is 17.9 Å². The molecule has 5 heteroatoms. The molecule has 0 bridgehead atoms. The third-order valence-corrected chi connectivity index (χ3v) is 1.91. The first kappa shape index (κ1) is 7.54. The summed E-state index contributed by atoms with van der Waals surface area (Å²) in [6.07, 6.45) is 1.11. The molecule has 1 aromatic rings. The molecule has 5 nitrogen and oxygen atoms in total. The van der Waals surface area contributed by atoms with E-state index in [9.17, 15) is 0 Å². The van der Waals surface area contributed by atoms with Gasteiger partial charge in [0.25, 0.3) is 0 Å². The van der Waals surface area contributed by atoms with E-state index in [-0.39, 0.29) is 0 Å². The van der Waals surface area contributed by atoms with E-state index in [0.717, 1.165) is 19.5 Å². The maximum absolute atomic E-state index is 5.18. The molecule has 1 aromatic heterocycles. The quantitative estimate of drug-likeness (QED) is 0.658. The lowest BCUT2D eigenvalue weighted by Gasteiger charge is -2.06. The van der Waals surface area contributed by atoms with Crippen LogP contribution in [0.1, 0.15) is 12.3 Å². The van der Waals surface area contributed by atoms with Crippen LogP contribution in [0.5, 0.6) is 0 Å². The van der Waals surface area contributed by atoms with Crippen molar-refractivity contribution in [3.05, 3.63) is 5.89 Å². The van der Waals surface area contributed by atoms with Gasteiger partial charge in [0.1, 0.15) is 0 Å². The molecule has 1 unspecified atom stereocenters. The fourth-order valence-electron chi connectivity index (χ4n) is 1.31. The molecule has 66 valence electrons. The van der Waals surface area contributed by atoms with E-state index in [1.807, 2.05) is 0 Å². The molecule has 0 saturated carbocycles. The van der Waals surface area contributed by atoms with Gasteiger partial charge in [0.05, 0.1) is 0 Å². The molecule has 0 amide bonds. The molecule has 12 heavy (non-hydrogen) atoms. The van der Waals surface area contributed by atoms with Crippen LogP contribution in [0, 0.1) is 6.92 Å².